The number of nitrogens with zero attached hydrogens (tertiary/aromatic N) is 2. The van der Waals surface area contributed by atoms with Gasteiger partial charge in [0.2, 0.25) is 0 Å². The highest BCUT2D eigenvalue weighted by Gasteiger charge is 2.18. The van der Waals surface area contributed by atoms with Gasteiger partial charge in [-0.25, -0.2) is 9.78 Å². The van der Waals surface area contributed by atoms with Crippen LogP contribution < -0.4 is 0 Å². The van der Waals surface area contributed by atoms with Crippen molar-refractivity contribution in [3.05, 3.63) is 39.8 Å². The van der Waals surface area contributed by atoms with Gasteiger partial charge >= 0.3 is 5.97 Å². The van der Waals surface area contributed by atoms with E-state index < -0.39 is 5.97 Å². The molecule has 0 bridgehead atoms. The maximum absolute atomic E-state index is 11.1. The largest absolute Gasteiger partial charge is 0.477 e. The second kappa shape index (κ2) is 6.37. The number of pyridine rings is 1. The van der Waals surface area contributed by atoms with Gasteiger partial charge in [0.1, 0.15) is 9.88 Å². The summed E-state index contributed by atoms with van der Waals surface area (Å²) in [5.74, 6) is -0.918. The lowest BCUT2D eigenvalue weighted by Crippen LogP contribution is -1.89. The number of carboxylic acid groups (broad SMARTS) is 1. The Morgan fingerprint density at radius 2 is 2.23 bits per heavy atom. The monoisotopic (exact) mass is 368 g/mol. The number of carboxylic acids is 1. The van der Waals surface area contributed by atoms with E-state index in [9.17, 15) is 4.79 Å². The molecule has 3 aromatic rings. The molecule has 0 fully saturated rings. The van der Waals surface area contributed by atoms with Gasteiger partial charge in [-0.05, 0) is 18.4 Å². The number of hydrogen-bond donors (Lipinski definition) is 1. The lowest BCUT2D eigenvalue weighted by atomic mass is 10.2. The fourth-order valence-corrected chi connectivity index (χ4v) is 4.75. The molecule has 0 spiro atoms. The van der Waals surface area contributed by atoms with Crippen LogP contribution in [0, 0.1) is 0 Å². The summed E-state index contributed by atoms with van der Waals surface area (Å²) in [6, 6.07) is 3.39. The lowest BCUT2D eigenvalue weighted by Gasteiger charge is -1.98. The van der Waals surface area contributed by atoms with Gasteiger partial charge in [-0.15, -0.1) is 34.4 Å². The molecule has 0 aromatic carbocycles. The number of thiazole rings is 1. The maximum atomic E-state index is 11.1. The quantitative estimate of drug-likeness (QED) is 0.656. The summed E-state index contributed by atoms with van der Waals surface area (Å²) in [4.78, 5) is 20.1. The third kappa shape index (κ3) is 2.89. The van der Waals surface area contributed by atoms with Crippen LogP contribution in [0.5, 0.6) is 0 Å². The van der Waals surface area contributed by atoms with Crippen molar-refractivity contribution in [2.75, 3.05) is 6.26 Å². The average Bonchev–Trinajstić information content (AvgIpc) is 3.14. The number of hydrogen-bond acceptors (Lipinski definition) is 6. The van der Waals surface area contributed by atoms with Crippen LogP contribution in [-0.4, -0.2) is 27.3 Å². The van der Waals surface area contributed by atoms with Crippen molar-refractivity contribution in [1.82, 2.24) is 9.97 Å². The standard InChI is InChI=1S/C14H9ClN2O2S3/c1-20-14-7(4-11(22-14)13(18)19)12-17-10(6-21-12)8-5-16-3-2-9(8)15/h2-6H,1H3,(H,18,19). The Balaban J connectivity index is 2.04. The number of thioether (sulfide) groups is 1. The first-order valence-electron chi connectivity index (χ1n) is 6.07. The minimum Gasteiger partial charge on any atom is -0.477 e. The molecular weight excluding hydrogens is 360 g/mol. The van der Waals surface area contributed by atoms with Crippen LogP contribution >= 0.6 is 46.0 Å². The molecule has 112 valence electrons. The normalized spacial score (nSPS) is 10.8. The molecule has 0 aliphatic rings. The van der Waals surface area contributed by atoms with Crippen molar-refractivity contribution in [1.29, 1.82) is 0 Å². The van der Waals surface area contributed by atoms with E-state index in [2.05, 4.69) is 9.97 Å². The third-order valence-corrected chi connectivity index (χ3v) is 6.34. The fraction of sp³-hybridized carbons (Fsp3) is 0.0714. The Morgan fingerprint density at radius 1 is 1.41 bits per heavy atom. The molecule has 3 heterocycles. The summed E-state index contributed by atoms with van der Waals surface area (Å²) in [6.45, 7) is 0. The molecule has 3 aromatic heterocycles. The van der Waals surface area contributed by atoms with Crippen LogP contribution in [0.2, 0.25) is 5.02 Å². The minimum absolute atomic E-state index is 0.315. The summed E-state index contributed by atoms with van der Waals surface area (Å²) in [7, 11) is 0. The molecule has 0 aliphatic carbocycles. The summed E-state index contributed by atoms with van der Waals surface area (Å²) in [5.41, 5.74) is 2.37. The fourth-order valence-electron chi connectivity index (χ4n) is 1.87. The van der Waals surface area contributed by atoms with E-state index in [1.807, 2.05) is 11.6 Å². The van der Waals surface area contributed by atoms with Crippen LogP contribution in [-0.2, 0) is 0 Å². The number of aromatic nitrogens is 2. The van der Waals surface area contributed by atoms with Crippen molar-refractivity contribution in [3.8, 4) is 21.8 Å². The Bertz CT molecular complexity index is 844. The maximum Gasteiger partial charge on any atom is 0.345 e. The van der Waals surface area contributed by atoms with Crippen LogP contribution in [0.25, 0.3) is 21.8 Å². The molecule has 0 aliphatic heterocycles. The second-order valence-electron chi connectivity index (χ2n) is 4.21. The van der Waals surface area contributed by atoms with Crippen LogP contribution in [0.3, 0.4) is 0 Å². The van der Waals surface area contributed by atoms with Crippen LogP contribution in [0.4, 0.5) is 0 Å². The number of halogens is 1. The lowest BCUT2D eigenvalue weighted by molar-refractivity contribution is 0.0702. The Labute approximate surface area is 143 Å². The first-order chi connectivity index (χ1) is 10.6. The second-order valence-corrected chi connectivity index (χ2v) is 7.61. The summed E-state index contributed by atoms with van der Waals surface area (Å²) >= 11 is 10.4. The molecule has 0 saturated heterocycles. The molecule has 3 rings (SSSR count). The predicted octanol–water partition coefficient (Wildman–Crippen LogP) is 5.01. The third-order valence-electron chi connectivity index (χ3n) is 2.87. The predicted molar refractivity (Wildman–Crippen MR) is 92.4 cm³/mol. The van der Waals surface area contributed by atoms with E-state index >= 15 is 0 Å². The zero-order valence-electron chi connectivity index (χ0n) is 11.2. The number of aromatic carboxylic acids is 1. The van der Waals surface area contributed by atoms with E-state index in [1.165, 1.54) is 34.4 Å². The van der Waals surface area contributed by atoms with Crippen molar-refractivity contribution in [2.24, 2.45) is 0 Å². The Hall–Kier alpha value is -1.41. The SMILES string of the molecule is CSc1sc(C(=O)O)cc1-c1nc(-c2cnccc2Cl)cs1. The van der Waals surface area contributed by atoms with Crippen molar-refractivity contribution in [3.63, 3.8) is 0 Å². The molecule has 0 atom stereocenters. The highest BCUT2D eigenvalue weighted by atomic mass is 35.5. The first kappa shape index (κ1) is 15.5. The first-order valence-corrected chi connectivity index (χ1v) is 9.37. The van der Waals surface area contributed by atoms with Gasteiger partial charge in [-0.2, -0.15) is 0 Å². The van der Waals surface area contributed by atoms with E-state index in [-0.39, 0.29) is 0 Å². The summed E-state index contributed by atoms with van der Waals surface area (Å²) in [6.07, 6.45) is 5.23. The molecule has 22 heavy (non-hydrogen) atoms. The molecule has 4 nitrogen and oxygen atoms in total. The molecular formula is C14H9ClN2O2S3. The molecule has 8 heteroatoms. The van der Waals surface area contributed by atoms with Crippen LogP contribution in [0.15, 0.2) is 34.1 Å². The molecule has 0 unspecified atom stereocenters. The van der Waals surface area contributed by atoms with Crippen molar-refractivity contribution in [2.45, 2.75) is 4.21 Å². The topological polar surface area (TPSA) is 63.1 Å². The van der Waals surface area contributed by atoms with E-state index in [1.54, 1.807) is 24.5 Å². The van der Waals surface area contributed by atoms with Gasteiger partial charge in [0.25, 0.3) is 0 Å². The van der Waals surface area contributed by atoms with Gasteiger partial charge < -0.3 is 5.11 Å². The highest BCUT2D eigenvalue weighted by Crippen LogP contribution is 2.40. The van der Waals surface area contributed by atoms with E-state index in [0.29, 0.717) is 9.90 Å². The highest BCUT2D eigenvalue weighted by molar-refractivity contribution is 8.00. The van der Waals surface area contributed by atoms with Gasteiger partial charge in [-0.3, -0.25) is 4.98 Å². The molecule has 0 radical (unpaired) electrons. The number of thiophene rings is 1. The van der Waals surface area contributed by atoms with E-state index in [0.717, 1.165) is 26.0 Å². The van der Waals surface area contributed by atoms with Crippen molar-refractivity contribution < 1.29 is 9.90 Å². The van der Waals surface area contributed by atoms with E-state index in [4.69, 9.17) is 16.7 Å². The number of rotatable bonds is 4. The summed E-state index contributed by atoms with van der Waals surface area (Å²) in [5, 5.41) is 12.4. The number of carbonyl (C=O) groups is 1. The van der Waals surface area contributed by atoms with Gasteiger partial charge in [0.15, 0.2) is 0 Å². The van der Waals surface area contributed by atoms with Gasteiger partial charge in [0, 0.05) is 28.9 Å². The van der Waals surface area contributed by atoms with Gasteiger partial charge in [0.05, 0.1) is 14.9 Å². The smallest absolute Gasteiger partial charge is 0.345 e. The zero-order valence-corrected chi connectivity index (χ0v) is 14.4. The Morgan fingerprint density at radius 3 is 2.91 bits per heavy atom. The molecule has 0 amide bonds. The van der Waals surface area contributed by atoms with Crippen LogP contribution in [0.1, 0.15) is 9.67 Å². The minimum atomic E-state index is -0.918. The molecule has 0 saturated carbocycles. The summed E-state index contributed by atoms with van der Waals surface area (Å²) < 4.78 is 0.940. The molecule has 1 N–H and O–H groups in total. The Kier molecular flexibility index (Phi) is 4.49. The van der Waals surface area contributed by atoms with Crippen molar-refractivity contribution >= 4 is 52.0 Å². The zero-order chi connectivity index (χ0) is 15.7. The van der Waals surface area contributed by atoms with Gasteiger partial charge in [-0.1, -0.05) is 11.6 Å². The average molecular weight is 369 g/mol.